The first-order valence-electron chi connectivity index (χ1n) is 8.06. The molecule has 0 spiro atoms. The van der Waals surface area contributed by atoms with Gasteiger partial charge in [0.15, 0.2) is 0 Å². The summed E-state index contributed by atoms with van der Waals surface area (Å²) in [7, 11) is 2.91. The molecule has 0 bridgehead atoms. The molecule has 0 saturated heterocycles. The number of nitrogens with one attached hydrogen (secondary N) is 1. The van der Waals surface area contributed by atoms with Crippen molar-refractivity contribution in [1.29, 1.82) is 0 Å². The predicted molar refractivity (Wildman–Crippen MR) is 96.4 cm³/mol. The second kappa shape index (κ2) is 9.42. The molecule has 2 atom stereocenters. The second-order valence-corrected chi connectivity index (χ2v) is 6.78. The van der Waals surface area contributed by atoms with Crippen molar-refractivity contribution in [3.63, 3.8) is 0 Å². The van der Waals surface area contributed by atoms with Crippen LogP contribution in [0.4, 0.5) is 0 Å². The van der Waals surface area contributed by atoms with E-state index in [1.807, 2.05) is 13.8 Å². The van der Waals surface area contributed by atoms with Crippen molar-refractivity contribution in [2.45, 2.75) is 26.8 Å². The van der Waals surface area contributed by atoms with Gasteiger partial charge in [0, 0.05) is 24.2 Å². The maximum atomic E-state index is 12.7. The highest BCUT2D eigenvalue weighted by molar-refractivity contribution is 6.30. The molecule has 2 amide bonds. The number of esters is 1. The number of amides is 2. The van der Waals surface area contributed by atoms with E-state index in [9.17, 15) is 14.4 Å². The van der Waals surface area contributed by atoms with Crippen molar-refractivity contribution in [3.8, 4) is 0 Å². The summed E-state index contributed by atoms with van der Waals surface area (Å²) in [5.74, 6) is -1.55. The first kappa shape index (κ1) is 21.0. The van der Waals surface area contributed by atoms with Gasteiger partial charge in [0.05, 0.1) is 13.0 Å². The van der Waals surface area contributed by atoms with E-state index in [-0.39, 0.29) is 30.2 Å². The second-order valence-electron chi connectivity index (χ2n) is 6.35. The third kappa shape index (κ3) is 6.05. The maximum absolute atomic E-state index is 12.7. The minimum absolute atomic E-state index is 0.111. The molecular formula is C18H25ClN2O4. The molecule has 6 nitrogen and oxygen atoms in total. The number of carbonyl (C=O) groups is 3. The van der Waals surface area contributed by atoms with Crippen molar-refractivity contribution in [1.82, 2.24) is 10.2 Å². The maximum Gasteiger partial charge on any atom is 0.310 e. The van der Waals surface area contributed by atoms with Gasteiger partial charge in [-0.3, -0.25) is 14.4 Å². The molecule has 0 heterocycles. The predicted octanol–water partition coefficient (Wildman–Crippen LogP) is 2.36. The van der Waals surface area contributed by atoms with Crippen molar-refractivity contribution in [2.24, 2.45) is 11.8 Å². The number of hydrogen-bond acceptors (Lipinski definition) is 4. The number of hydrogen-bond donors (Lipinski definition) is 1. The van der Waals surface area contributed by atoms with Gasteiger partial charge in [-0.25, -0.2) is 0 Å². The van der Waals surface area contributed by atoms with Crippen LogP contribution in [0.2, 0.25) is 5.02 Å². The Bertz CT molecular complexity index is 616. The molecule has 1 N–H and O–H groups in total. The number of methoxy groups -OCH3 is 1. The van der Waals surface area contributed by atoms with Gasteiger partial charge in [-0.05, 0) is 30.2 Å². The highest BCUT2D eigenvalue weighted by Gasteiger charge is 2.29. The van der Waals surface area contributed by atoms with Crippen molar-refractivity contribution in [2.75, 3.05) is 20.7 Å². The molecule has 7 heteroatoms. The fraction of sp³-hybridized carbons (Fsp3) is 0.500. The normalized spacial score (nSPS) is 13.1. The van der Waals surface area contributed by atoms with E-state index in [4.69, 9.17) is 11.6 Å². The summed E-state index contributed by atoms with van der Waals surface area (Å²) >= 11 is 5.82. The summed E-state index contributed by atoms with van der Waals surface area (Å²) in [6.07, 6.45) is 0. The van der Waals surface area contributed by atoms with E-state index in [0.717, 1.165) is 0 Å². The monoisotopic (exact) mass is 368 g/mol. The molecule has 0 saturated carbocycles. The van der Waals surface area contributed by atoms with Crippen LogP contribution in [0.25, 0.3) is 0 Å². The van der Waals surface area contributed by atoms with Crippen LogP contribution in [0.5, 0.6) is 0 Å². The van der Waals surface area contributed by atoms with Crippen LogP contribution >= 0.6 is 11.6 Å². The minimum atomic E-state index is -0.696. The molecule has 25 heavy (non-hydrogen) atoms. The summed E-state index contributed by atoms with van der Waals surface area (Å²) in [6.45, 7) is 5.60. The van der Waals surface area contributed by atoms with Gasteiger partial charge >= 0.3 is 5.97 Å². The van der Waals surface area contributed by atoms with Gasteiger partial charge in [-0.2, -0.15) is 0 Å². The number of rotatable bonds is 7. The number of likely N-dealkylation sites (N-methyl/N-ethyl adjacent to an activating group) is 1. The Morgan fingerprint density at radius 3 is 2.20 bits per heavy atom. The van der Waals surface area contributed by atoms with Crippen LogP contribution in [-0.2, 0) is 14.3 Å². The average molecular weight is 369 g/mol. The SMILES string of the molecule is COC(=O)C(C)CN(C)C(=O)C(NC(=O)c1ccc(Cl)cc1)C(C)C. The zero-order valence-electron chi connectivity index (χ0n) is 15.2. The molecule has 1 rings (SSSR count). The molecule has 0 fully saturated rings. The van der Waals surface area contributed by atoms with Crippen LogP contribution in [0, 0.1) is 11.8 Å². The molecule has 1 aromatic carbocycles. The van der Waals surface area contributed by atoms with Gasteiger partial charge in [0.1, 0.15) is 6.04 Å². The van der Waals surface area contributed by atoms with Crippen LogP contribution in [0.1, 0.15) is 31.1 Å². The fourth-order valence-electron chi connectivity index (χ4n) is 2.35. The summed E-state index contributed by atoms with van der Waals surface area (Å²) in [4.78, 5) is 38.0. The van der Waals surface area contributed by atoms with Crippen molar-refractivity contribution in [3.05, 3.63) is 34.9 Å². The van der Waals surface area contributed by atoms with E-state index >= 15 is 0 Å². The Hall–Kier alpha value is -2.08. The van der Waals surface area contributed by atoms with Gasteiger partial charge in [-0.15, -0.1) is 0 Å². The molecule has 0 aliphatic rings. The van der Waals surface area contributed by atoms with Crippen LogP contribution in [-0.4, -0.2) is 49.4 Å². The van der Waals surface area contributed by atoms with E-state index in [1.165, 1.54) is 12.0 Å². The lowest BCUT2D eigenvalue weighted by molar-refractivity contribution is -0.146. The number of ether oxygens (including phenoxy) is 1. The smallest absolute Gasteiger partial charge is 0.310 e. The molecule has 0 aliphatic heterocycles. The molecule has 2 unspecified atom stereocenters. The van der Waals surface area contributed by atoms with E-state index < -0.39 is 12.0 Å². The quantitative estimate of drug-likeness (QED) is 0.749. The minimum Gasteiger partial charge on any atom is -0.469 e. The lowest BCUT2D eigenvalue weighted by atomic mass is 10.0. The fourth-order valence-corrected chi connectivity index (χ4v) is 2.48. The topological polar surface area (TPSA) is 75.7 Å². The van der Waals surface area contributed by atoms with Crippen LogP contribution < -0.4 is 5.32 Å². The summed E-state index contributed by atoms with van der Waals surface area (Å²) in [5, 5.41) is 3.29. The van der Waals surface area contributed by atoms with Gasteiger partial charge < -0.3 is 15.0 Å². The van der Waals surface area contributed by atoms with Gasteiger partial charge in [-0.1, -0.05) is 32.4 Å². The third-order valence-electron chi connectivity index (χ3n) is 3.85. The van der Waals surface area contributed by atoms with Gasteiger partial charge in [0.2, 0.25) is 5.91 Å². The number of nitrogens with zero attached hydrogens (tertiary/aromatic N) is 1. The van der Waals surface area contributed by atoms with Gasteiger partial charge in [0.25, 0.3) is 5.91 Å². The summed E-state index contributed by atoms with van der Waals surface area (Å²) in [5.41, 5.74) is 0.424. The molecule has 0 aliphatic carbocycles. The summed E-state index contributed by atoms with van der Waals surface area (Å²) in [6, 6.07) is 5.74. The van der Waals surface area contributed by atoms with E-state index in [2.05, 4.69) is 10.1 Å². The Kier molecular flexibility index (Phi) is 7.90. The zero-order valence-corrected chi connectivity index (χ0v) is 16.0. The molecule has 1 aromatic rings. The third-order valence-corrected chi connectivity index (χ3v) is 4.11. The summed E-state index contributed by atoms with van der Waals surface area (Å²) < 4.78 is 4.68. The Morgan fingerprint density at radius 2 is 1.72 bits per heavy atom. The first-order valence-corrected chi connectivity index (χ1v) is 8.44. The highest BCUT2D eigenvalue weighted by Crippen LogP contribution is 2.12. The first-order chi connectivity index (χ1) is 11.7. The Labute approximate surface area is 153 Å². The number of carbonyl (C=O) groups excluding carboxylic acids is 3. The van der Waals surface area contributed by atoms with Crippen LogP contribution in [0.15, 0.2) is 24.3 Å². The standard InChI is InChI=1S/C18H25ClN2O4/c1-11(2)15(17(23)21(4)10-12(3)18(24)25-5)20-16(22)13-6-8-14(19)9-7-13/h6-9,11-12,15H,10H2,1-5H3,(H,20,22). The van der Waals surface area contributed by atoms with E-state index in [0.29, 0.717) is 10.6 Å². The lowest BCUT2D eigenvalue weighted by Crippen LogP contribution is -2.51. The molecule has 0 aromatic heterocycles. The van der Waals surface area contributed by atoms with E-state index in [1.54, 1.807) is 38.2 Å². The lowest BCUT2D eigenvalue weighted by Gasteiger charge is -2.28. The molecule has 0 radical (unpaired) electrons. The zero-order chi connectivity index (χ0) is 19.1. The Balaban J connectivity index is 2.81. The largest absolute Gasteiger partial charge is 0.469 e. The van der Waals surface area contributed by atoms with Crippen LogP contribution in [0.3, 0.4) is 0 Å². The Morgan fingerprint density at radius 1 is 1.16 bits per heavy atom. The number of benzene rings is 1. The number of halogens is 1. The average Bonchev–Trinajstić information content (AvgIpc) is 2.58. The molecular weight excluding hydrogens is 344 g/mol. The highest BCUT2D eigenvalue weighted by atomic mass is 35.5. The van der Waals surface area contributed by atoms with Crippen molar-refractivity contribution < 1.29 is 19.1 Å². The molecule has 138 valence electrons. The van der Waals surface area contributed by atoms with Crippen molar-refractivity contribution >= 4 is 29.4 Å².